The summed E-state index contributed by atoms with van der Waals surface area (Å²) in [6, 6.07) is 3.17. The van der Waals surface area contributed by atoms with Gasteiger partial charge in [-0.15, -0.1) is 0 Å². The van der Waals surface area contributed by atoms with Gasteiger partial charge < -0.3 is 14.6 Å². The molecule has 4 nitrogen and oxygen atoms in total. The lowest BCUT2D eigenvalue weighted by molar-refractivity contribution is 0.0694. The van der Waals surface area contributed by atoms with Crippen molar-refractivity contribution in [2.45, 2.75) is 11.0 Å². The predicted octanol–water partition coefficient (Wildman–Crippen LogP) is 2.23. The Kier molecular flexibility index (Phi) is 2.72. The van der Waals surface area contributed by atoms with Gasteiger partial charge in [0.25, 0.3) is 0 Å². The zero-order valence-electron chi connectivity index (χ0n) is 7.99. The maximum absolute atomic E-state index is 10.9. The summed E-state index contributed by atoms with van der Waals surface area (Å²) in [5.41, 5.74) is 0.865. The maximum atomic E-state index is 10.9. The van der Waals surface area contributed by atoms with Crippen LogP contribution in [0.3, 0.4) is 0 Å². The molecule has 0 fully saturated rings. The fourth-order valence-electron chi connectivity index (χ4n) is 1.48. The molecule has 2 rings (SSSR count). The maximum Gasteiger partial charge on any atom is 0.336 e. The fourth-order valence-corrected chi connectivity index (χ4v) is 1.91. The number of benzene rings is 1. The van der Waals surface area contributed by atoms with Gasteiger partial charge >= 0.3 is 5.97 Å². The van der Waals surface area contributed by atoms with Crippen molar-refractivity contribution in [1.29, 1.82) is 0 Å². The van der Waals surface area contributed by atoms with Crippen molar-refractivity contribution in [3.05, 3.63) is 23.3 Å². The average molecular weight is 320 g/mol. The lowest BCUT2D eigenvalue weighted by Crippen LogP contribution is -2.24. The second kappa shape index (κ2) is 3.88. The molecule has 1 unspecified atom stereocenters. The molecule has 1 aliphatic rings. The Morgan fingerprint density at radius 2 is 2.33 bits per heavy atom. The zero-order chi connectivity index (χ0) is 11.0. The molecule has 5 heteroatoms. The molecule has 1 N–H and O–H groups in total. The number of carbonyl (C=O) groups is 1. The molecule has 1 aliphatic heterocycles. The highest BCUT2D eigenvalue weighted by Gasteiger charge is 2.23. The molecule has 0 saturated carbocycles. The van der Waals surface area contributed by atoms with E-state index in [0.29, 0.717) is 23.7 Å². The van der Waals surface area contributed by atoms with Gasteiger partial charge in [-0.3, -0.25) is 0 Å². The highest BCUT2D eigenvalue weighted by atomic mass is 127. The second-order valence-corrected chi connectivity index (χ2v) is 4.60. The lowest BCUT2D eigenvalue weighted by atomic mass is 10.1. The largest absolute Gasteiger partial charge is 0.485 e. The van der Waals surface area contributed by atoms with Crippen LogP contribution in [0, 0.1) is 6.92 Å². The minimum absolute atomic E-state index is 0.0714. The summed E-state index contributed by atoms with van der Waals surface area (Å²) >= 11 is 2.10. The Morgan fingerprint density at radius 1 is 1.60 bits per heavy atom. The normalized spacial score (nSPS) is 18.7. The Morgan fingerprint density at radius 3 is 3.00 bits per heavy atom. The third-order valence-corrected chi connectivity index (χ3v) is 2.83. The van der Waals surface area contributed by atoms with Gasteiger partial charge in [0.2, 0.25) is 0 Å². The van der Waals surface area contributed by atoms with Crippen LogP contribution in [0.25, 0.3) is 0 Å². The minimum Gasteiger partial charge on any atom is -0.485 e. The Balaban J connectivity index is 2.51. The van der Waals surface area contributed by atoms with E-state index in [-0.39, 0.29) is 9.67 Å². The van der Waals surface area contributed by atoms with Crippen LogP contribution in [0.15, 0.2) is 12.1 Å². The molecule has 0 amide bonds. The van der Waals surface area contributed by atoms with Crippen LogP contribution >= 0.6 is 22.6 Å². The molecule has 0 spiro atoms. The number of hydrogen-bond acceptors (Lipinski definition) is 3. The SMILES string of the molecule is Cc1c(C(=O)O)ccc2c1OC(I)CO2. The van der Waals surface area contributed by atoms with Crippen LogP contribution in [-0.4, -0.2) is 21.8 Å². The van der Waals surface area contributed by atoms with E-state index in [4.69, 9.17) is 14.6 Å². The van der Waals surface area contributed by atoms with Gasteiger partial charge in [-0.25, -0.2) is 4.79 Å². The first-order valence-corrected chi connectivity index (χ1v) is 5.64. The molecule has 1 atom stereocenters. The highest BCUT2D eigenvalue weighted by molar-refractivity contribution is 14.1. The molecule has 0 bridgehead atoms. The van der Waals surface area contributed by atoms with Crippen molar-refractivity contribution in [3.8, 4) is 11.5 Å². The van der Waals surface area contributed by atoms with Gasteiger partial charge in [-0.05, 0) is 41.6 Å². The molecule has 15 heavy (non-hydrogen) atoms. The van der Waals surface area contributed by atoms with Crippen molar-refractivity contribution < 1.29 is 19.4 Å². The lowest BCUT2D eigenvalue weighted by Gasteiger charge is -2.24. The van der Waals surface area contributed by atoms with E-state index in [1.165, 1.54) is 6.07 Å². The summed E-state index contributed by atoms with van der Waals surface area (Å²) in [5.74, 6) is 0.209. The summed E-state index contributed by atoms with van der Waals surface area (Å²) in [7, 11) is 0. The fraction of sp³-hybridized carbons (Fsp3) is 0.300. The number of ether oxygens (including phenoxy) is 2. The highest BCUT2D eigenvalue weighted by Crippen LogP contribution is 2.37. The predicted molar refractivity (Wildman–Crippen MR) is 62.1 cm³/mol. The average Bonchev–Trinajstić information content (AvgIpc) is 2.19. The molecule has 80 valence electrons. The first-order valence-electron chi connectivity index (χ1n) is 4.40. The van der Waals surface area contributed by atoms with Crippen LogP contribution in [0.4, 0.5) is 0 Å². The number of halogens is 1. The van der Waals surface area contributed by atoms with E-state index in [9.17, 15) is 4.79 Å². The summed E-state index contributed by atoms with van der Waals surface area (Å²) in [4.78, 5) is 10.9. The quantitative estimate of drug-likeness (QED) is 0.637. The van der Waals surface area contributed by atoms with Gasteiger partial charge in [-0.2, -0.15) is 0 Å². The minimum atomic E-state index is -0.950. The van der Waals surface area contributed by atoms with Gasteiger partial charge in [0.05, 0.1) is 5.56 Å². The Hall–Kier alpha value is -0.980. The number of alkyl halides is 1. The third kappa shape index (κ3) is 1.88. The number of rotatable bonds is 1. The number of carboxylic acid groups (broad SMARTS) is 1. The molecule has 1 aromatic carbocycles. The monoisotopic (exact) mass is 320 g/mol. The van der Waals surface area contributed by atoms with E-state index in [1.807, 2.05) is 0 Å². The van der Waals surface area contributed by atoms with Crippen molar-refractivity contribution in [2.75, 3.05) is 6.61 Å². The summed E-state index contributed by atoms with van der Waals surface area (Å²) < 4.78 is 10.9. The van der Waals surface area contributed by atoms with Gasteiger partial charge in [-0.1, -0.05) is 0 Å². The Bertz CT molecular complexity index is 416. The van der Waals surface area contributed by atoms with Crippen LogP contribution in [0.2, 0.25) is 0 Å². The van der Waals surface area contributed by atoms with Crippen LogP contribution < -0.4 is 9.47 Å². The van der Waals surface area contributed by atoms with Crippen LogP contribution in [0.1, 0.15) is 15.9 Å². The molecule has 0 aliphatic carbocycles. The molecular formula is C10H9IO4. The van der Waals surface area contributed by atoms with E-state index >= 15 is 0 Å². The molecular weight excluding hydrogens is 311 g/mol. The summed E-state index contributed by atoms with van der Waals surface area (Å²) in [5, 5.41) is 8.93. The number of carboxylic acids is 1. The summed E-state index contributed by atoms with van der Waals surface area (Å²) in [6.45, 7) is 2.21. The molecule has 0 radical (unpaired) electrons. The molecule has 0 aromatic heterocycles. The molecule has 0 saturated heterocycles. The summed E-state index contributed by atoms with van der Waals surface area (Å²) in [6.07, 6.45) is 0. The smallest absolute Gasteiger partial charge is 0.336 e. The number of aromatic carboxylic acids is 1. The van der Waals surface area contributed by atoms with E-state index < -0.39 is 5.97 Å². The molecule has 1 aromatic rings. The Labute approximate surface area is 100 Å². The van der Waals surface area contributed by atoms with E-state index in [1.54, 1.807) is 13.0 Å². The topological polar surface area (TPSA) is 55.8 Å². The van der Waals surface area contributed by atoms with Crippen molar-refractivity contribution >= 4 is 28.6 Å². The first-order chi connectivity index (χ1) is 7.09. The van der Waals surface area contributed by atoms with Gasteiger partial charge in [0.1, 0.15) is 6.61 Å². The van der Waals surface area contributed by atoms with E-state index in [2.05, 4.69) is 22.6 Å². The molecule has 1 heterocycles. The standard InChI is InChI=1S/C10H9IO4/c1-5-6(10(12)13)2-3-7-9(5)15-8(11)4-14-7/h2-3,8H,4H2,1H3,(H,12,13). The van der Waals surface area contributed by atoms with Crippen LogP contribution in [0.5, 0.6) is 11.5 Å². The van der Waals surface area contributed by atoms with Crippen molar-refractivity contribution in [1.82, 2.24) is 0 Å². The number of hydrogen-bond donors (Lipinski definition) is 1. The van der Waals surface area contributed by atoms with Gasteiger partial charge in [0, 0.05) is 5.56 Å². The van der Waals surface area contributed by atoms with Gasteiger partial charge in [0.15, 0.2) is 15.6 Å². The first kappa shape index (κ1) is 10.5. The zero-order valence-corrected chi connectivity index (χ0v) is 10.1. The number of fused-ring (bicyclic) bond motifs is 1. The van der Waals surface area contributed by atoms with E-state index in [0.717, 1.165) is 0 Å². The van der Waals surface area contributed by atoms with Crippen molar-refractivity contribution in [2.24, 2.45) is 0 Å². The van der Waals surface area contributed by atoms with Crippen LogP contribution in [-0.2, 0) is 0 Å². The van der Waals surface area contributed by atoms with Crippen molar-refractivity contribution in [3.63, 3.8) is 0 Å². The third-order valence-electron chi connectivity index (χ3n) is 2.22. The second-order valence-electron chi connectivity index (χ2n) is 3.21.